The van der Waals surface area contributed by atoms with Crippen molar-refractivity contribution in [2.75, 3.05) is 11.9 Å². The molecule has 130 valence electrons. The number of anilines is 1. The number of rotatable bonds is 6. The first-order valence-electron chi connectivity index (χ1n) is 7.68. The highest BCUT2D eigenvalue weighted by Gasteiger charge is 2.21. The fourth-order valence-corrected chi connectivity index (χ4v) is 2.57. The van der Waals surface area contributed by atoms with Gasteiger partial charge in [-0.3, -0.25) is 19.0 Å². The van der Waals surface area contributed by atoms with Crippen LogP contribution in [0.1, 0.15) is 41.7 Å². The summed E-state index contributed by atoms with van der Waals surface area (Å²) < 4.78 is 3.68. The number of amides is 2. The molecular weight excluding hydrogens is 376 g/mol. The third kappa shape index (κ3) is 4.02. The molecule has 0 spiro atoms. The Morgan fingerprint density at radius 3 is 2.62 bits per heavy atom. The van der Waals surface area contributed by atoms with Crippen LogP contribution in [0.5, 0.6) is 0 Å². The predicted molar refractivity (Wildman–Crippen MR) is 93.9 cm³/mol. The first-order valence-corrected chi connectivity index (χ1v) is 8.47. The molecular formula is C15H21BrN6O2. The summed E-state index contributed by atoms with van der Waals surface area (Å²) in [6.07, 6.45) is 3.18. The molecule has 2 rings (SSSR count). The van der Waals surface area contributed by atoms with E-state index in [1.165, 1.54) is 10.9 Å². The Kier molecular flexibility index (Phi) is 5.76. The van der Waals surface area contributed by atoms with Crippen molar-refractivity contribution in [2.45, 2.75) is 27.3 Å². The molecule has 0 fully saturated rings. The average molecular weight is 397 g/mol. The number of halogens is 1. The number of aryl methyl sites for hydroxylation is 2. The van der Waals surface area contributed by atoms with E-state index in [9.17, 15) is 9.59 Å². The van der Waals surface area contributed by atoms with E-state index in [-0.39, 0.29) is 11.6 Å². The Balaban J connectivity index is 2.19. The average Bonchev–Trinajstić information content (AvgIpc) is 3.08. The lowest BCUT2D eigenvalue weighted by molar-refractivity contribution is 0.0940. The highest BCUT2D eigenvalue weighted by atomic mass is 79.9. The number of hydrogen-bond donors (Lipinski definition) is 2. The van der Waals surface area contributed by atoms with Gasteiger partial charge in [0.15, 0.2) is 5.69 Å². The minimum absolute atomic E-state index is 0.259. The molecule has 0 radical (unpaired) electrons. The third-order valence-corrected chi connectivity index (χ3v) is 3.91. The Hall–Kier alpha value is -2.16. The van der Waals surface area contributed by atoms with Crippen LogP contribution in [-0.2, 0) is 13.6 Å². The van der Waals surface area contributed by atoms with Gasteiger partial charge in [-0.05, 0) is 28.8 Å². The second kappa shape index (κ2) is 7.61. The fraction of sp³-hybridized carbons (Fsp3) is 0.467. The van der Waals surface area contributed by atoms with Crippen LogP contribution in [0.25, 0.3) is 0 Å². The van der Waals surface area contributed by atoms with Crippen LogP contribution in [0, 0.1) is 5.92 Å². The molecule has 2 aromatic rings. The number of carbonyl (C=O) groups excluding carboxylic acids is 2. The monoisotopic (exact) mass is 396 g/mol. The molecule has 0 bridgehead atoms. The van der Waals surface area contributed by atoms with Crippen molar-refractivity contribution in [3.05, 3.63) is 28.3 Å². The predicted octanol–water partition coefficient (Wildman–Crippen LogP) is 2.04. The van der Waals surface area contributed by atoms with Crippen LogP contribution in [0.2, 0.25) is 0 Å². The van der Waals surface area contributed by atoms with Crippen LogP contribution in [0.15, 0.2) is 16.9 Å². The first kappa shape index (κ1) is 18.2. The van der Waals surface area contributed by atoms with Gasteiger partial charge in [-0.25, -0.2) is 0 Å². The minimum atomic E-state index is -0.403. The molecule has 9 heteroatoms. The van der Waals surface area contributed by atoms with Crippen molar-refractivity contribution in [1.29, 1.82) is 0 Å². The van der Waals surface area contributed by atoms with E-state index in [1.54, 1.807) is 17.9 Å². The third-order valence-electron chi connectivity index (χ3n) is 3.33. The number of carbonyl (C=O) groups is 2. The Bertz CT molecular complexity index is 749. The number of hydrogen-bond acceptors (Lipinski definition) is 4. The molecule has 2 aromatic heterocycles. The Labute approximate surface area is 148 Å². The van der Waals surface area contributed by atoms with Crippen molar-refractivity contribution in [3.8, 4) is 0 Å². The molecule has 0 aromatic carbocycles. The van der Waals surface area contributed by atoms with Crippen molar-refractivity contribution in [2.24, 2.45) is 13.0 Å². The summed E-state index contributed by atoms with van der Waals surface area (Å²) in [7, 11) is 1.65. The Morgan fingerprint density at radius 2 is 2.04 bits per heavy atom. The normalized spacial score (nSPS) is 10.9. The first-order chi connectivity index (χ1) is 11.3. The highest BCUT2D eigenvalue weighted by molar-refractivity contribution is 9.10. The maximum atomic E-state index is 12.4. The van der Waals surface area contributed by atoms with Gasteiger partial charge in [0.1, 0.15) is 5.69 Å². The SMILES string of the molecule is CCn1cc(Br)c(C(=O)Nc2cnn(C)c2C(=O)NCC(C)C)n1. The maximum Gasteiger partial charge on any atom is 0.277 e. The van der Waals surface area contributed by atoms with Crippen LogP contribution >= 0.6 is 15.9 Å². The van der Waals surface area contributed by atoms with Crippen LogP contribution < -0.4 is 10.6 Å². The van der Waals surface area contributed by atoms with Crippen molar-refractivity contribution in [1.82, 2.24) is 24.9 Å². The quantitative estimate of drug-likeness (QED) is 0.780. The highest BCUT2D eigenvalue weighted by Crippen LogP contribution is 2.19. The van der Waals surface area contributed by atoms with Gasteiger partial charge in [0, 0.05) is 26.3 Å². The van der Waals surface area contributed by atoms with Crippen molar-refractivity contribution < 1.29 is 9.59 Å². The maximum absolute atomic E-state index is 12.4. The van der Waals surface area contributed by atoms with E-state index in [1.807, 2.05) is 20.8 Å². The summed E-state index contributed by atoms with van der Waals surface area (Å²) in [5.74, 6) is -0.355. The summed E-state index contributed by atoms with van der Waals surface area (Å²) in [5.41, 5.74) is 0.908. The molecule has 0 saturated carbocycles. The second-order valence-corrected chi connectivity index (χ2v) is 6.62. The van der Waals surface area contributed by atoms with E-state index in [4.69, 9.17) is 0 Å². The standard InChI is InChI=1S/C15H21BrN6O2/c1-5-22-8-10(16)12(20-22)14(23)19-11-7-18-21(4)13(11)15(24)17-6-9(2)3/h7-9H,5-6H2,1-4H3,(H,17,24)(H,19,23). The van der Waals surface area contributed by atoms with Gasteiger partial charge >= 0.3 is 0 Å². The Morgan fingerprint density at radius 1 is 1.33 bits per heavy atom. The van der Waals surface area contributed by atoms with Crippen LogP contribution in [0.4, 0.5) is 5.69 Å². The van der Waals surface area contributed by atoms with E-state index in [0.29, 0.717) is 34.9 Å². The molecule has 0 aliphatic carbocycles. The van der Waals surface area contributed by atoms with E-state index in [0.717, 1.165) is 0 Å². The molecule has 2 N–H and O–H groups in total. The van der Waals surface area contributed by atoms with Gasteiger partial charge < -0.3 is 10.6 Å². The topological polar surface area (TPSA) is 93.8 Å². The molecule has 0 saturated heterocycles. The van der Waals surface area contributed by atoms with E-state index in [2.05, 4.69) is 36.8 Å². The lowest BCUT2D eigenvalue weighted by Crippen LogP contribution is -2.30. The zero-order valence-corrected chi connectivity index (χ0v) is 15.7. The molecule has 0 atom stereocenters. The van der Waals surface area contributed by atoms with Gasteiger partial charge in [0.2, 0.25) is 0 Å². The smallest absolute Gasteiger partial charge is 0.277 e. The molecule has 24 heavy (non-hydrogen) atoms. The summed E-state index contributed by atoms with van der Waals surface area (Å²) in [6, 6.07) is 0. The second-order valence-electron chi connectivity index (χ2n) is 5.77. The van der Waals surface area contributed by atoms with Gasteiger partial charge in [0.05, 0.1) is 16.4 Å². The molecule has 2 amide bonds. The number of aromatic nitrogens is 4. The molecule has 0 aliphatic rings. The molecule has 8 nitrogen and oxygen atoms in total. The minimum Gasteiger partial charge on any atom is -0.350 e. The zero-order chi connectivity index (χ0) is 17.9. The number of nitrogens with one attached hydrogen (secondary N) is 2. The molecule has 0 unspecified atom stereocenters. The van der Waals surface area contributed by atoms with E-state index >= 15 is 0 Å². The summed E-state index contributed by atoms with van der Waals surface area (Å²) >= 11 is 3.32. The summed E-state index contributed by atoms with van der Waals surface area (Å²) in [5, 5.41) is 13.8. The van der Waals surface area contributed by atoms with E-state index < -0.39 is 5.91 Å². The lowest BCUT2D eigenvalue weighted by atomic mass is 10.2. The van der Waals surface area contributed by atoms with Crippen molar-refractivity contribution in [3.63, 3.8) is 0 Å². The lowest BCUT2D eigenvalue weighted by Gasteiger charge is -2.10. The van der Waals surface area contributed by atoms with Crippen LogP contribution in [0.3, 0.4) is 0 Å². The van der Waals surface area contributed by atoms with Gasteiger partial charge in [0.25, 0.3) is 11.8 Å². The zero-order valence-electron chi connectivity index (χ0n) is 14.1. The molecule has 0 aliphatic heterocycles. The number of nitrogens with zero attached hydrogens (tertiary/aromatic N) is 4. The fourth-order valence-electron chi connectivity index (χ4n) is 2.07. The van der Waals surface area contributed by atoms with Crippen LogP contribution in [-0.4, -0.2) is 37.9 Å². The van der Waals surface area contributed by atoms with Crippen molar-refractivity contribution >= 4 is 33.4 Å². The van der Waals surface area contributed by atoms with Gasteiger partial charge in [-0.15, -0.1) is 0 Å². The van der Waals surface area contributed by atoms with Gasteiger partial charge in [-0.2, -0.15) is 10.2 Å². The van der Waals surface area contributed by atoms with Gasteiger partial charge in [-0.1, -0.05) is 13.8 Å². The summed E-state index contributed by atoms with van der Waals surface area (Å²) in [4.78, 5) is 24.8. The molecule has 2 heterocycles. The summed E-state index contributed by atoms with van der Waals surface area (Å²) in [6.45, 7) is 7.15. The largest absolute Gasteiger partial charge is 0.350 e.